The van der Waals surface area contributed by atoms with E-state index in [4.69, 9.17) is 10.5 Å². The van der Waals surface area contributed by atoms with Crippen LogP contribution in [0.5, 0.6) is 5.75 Å². The number of rotatable bonds is 2. The van der Waals surface area contributed by atoms with Crippen molar-refractivity contribution in [1.29, 1.82) is 0 Å². The molecule has 0 unspecified atom stereocenters. The van der Waals surface area contributed by atoms with Gasteiger partial charge in [0, 0.05) is 35.7 Å². The molecule has 24 heavy (non-hydrogen) atoms. The number of aromatic nitrogens is 4. The number of nitrogens with one attached hydrogen (secondary N) is 1. The molecule has 0 aliphatic carbocycles. The molecule has 0 radical (unpaired) electrons. The summed E-state index contributed by atoms with van der Waals surface area (Å²) < 4.78 is 8.04. The molecule has 3 heterocycles. The molecule has 0 fully saturated rings. The Morgan fingerprint density at radius 1 is 1.38 bits per heavy atom. The zero-order valence-corrected chi connectivity index (χ0v) is 14.3. The van der Waals surface area contributed by atoms with Crippen LogP contribution in [-0.4, -0.2) is 37.6 Å². The smallest absolute Gasteiger partial charge is 0.274 e. The van der Waals surface area contributed by atoms with Crippen molar-refractivity contribution >= 4 is 27.7 Å². The highest BCUT2D eigenvalue weighted by molar-refractivity contribution is 9.10. The summed E-state index contributed by atoms with van der Waals surface area (Å²) in [5, 5.41) is 2.66. The van der Waals surface area contributed by atoms with Crippen LogP contribution >= 0.6 is 15.9 Å². The Bertz CT molecular complexity index is 966. The van der Waals surface area contributed by atoms with Gasteiger partial charge in [-0.3, -0.25) is 14.8 Å². The van der Waals surface area contributed by atoms with Gasteiger partial charge in [-0.25, -0.2) is 4.98 Å². The first-order valence-electron chi connectivity index (χ1n) is 7.47. The largest absolute Gasteiger partial charge is 0.492 e. The maximum absolute atomic E-state index is 12.1. The number of halogens is 1. The van der Waals surface area contributed by atoms with Crippen molar-refractivity contribution in [2.24, 2.45) is 0 Å². The third kappa shape index (κ3) is 2.76. The maximum Gasteiger partial charge on any atom is 0.274 e. The summed E-state index contributed by atoms with van der Waals surface area (Å²) in [4.78, 5) is 22.7. The summed E-state index contributed by atoms with van der Waals surface area (Å²) >= 11 is 3.57. The molecule has 1 aliphatic rings. The molecule has 0 amide bonds. The van der Waals surface area contributed by atoms with E-state index in [2.05, 4.69) is 35.9 Å². The highest BCUT2D eigenvalue weighted by Crippen LogP contribution is 2.30. The maximum atomic E-state index is 12.1. The lowest BCUT2D eigenvalue weighted by Crippen LogP contribution is -2.27. The Balaban J connectivity index is 1.63. The van der Waals surface area contributed by atoms with E-state index in [0.29, 0.717) is 25.4 Å². The normalized spacial score (nSPS) is 15.0. The molecule has 3 aromatic rings. The topological polar surface area (TPSA) is 102 Å². The van der Waals surface area contributed by atoms with E-state index in [0.717, 1.165) is 22.3 Å². The molecule has 0 atom stereocenters. The number of hydrogen-bond donors (Lipinski definition) is 2. The van der Waals surface area contributed by atoms with Gasteiger partial charge in [0.2, 0.25) is 5.95 Å². The molecule has 9 heteroatoms. The first-order valence-corrected chi connectivity index (χ1v) is 8.26. The van der Waals surface area contributed by atoms with E-state index >= 15 is 0 Å². The minimum absolute atomic E-state index is 0.165. The Morgan fingerprint density at radius 3 is 3.12 bits per heavy atom. The predicted molar refractivity (Wildman–Crippen MR) is 91.8 cm³/mol. The fourth-order valence-corrected chi connectivity index (χ4v) is 3.28. The van der Waals surface area contributed by atoms with Gasteiger partial charge in [-0.05, 0) is 12.1 Å². The summed E-state index contributed by atoms with van der Waals surface area (Å²) in [7, 11) is 0. The van der Waals surface area contributed by atoms with Crippen molar-refractivity contribution < 1.29 is 4.74 Å². The summed E-state index contributed by atoms with van der Waals surface area (Å²) in [6, 6.07) is 7.41. The number of nitrogens with zero attached hydrogens (tertiary/aromatic N) is 4. The minimum Gasteiger partial charge on any atom is -0.492 e. The highest BCUT2D eigenvalue weighted by Gasteiger charge is 2.18. The predicted octanol–water partition coefficient (Wildman–Crippen LogP) is 1.16. The molecule has 0 saturated carbocycles. The molecule has 1 aromatic carbocycles. The van der Waals surface area contributed by atoms with Gasteiger partial charge in [-0.15, -0.1) is 0 Å². The molecule has 1 aliphatic heterocycles. The molecule has 2 aromatic heterocycles. The van der Waals surface area contributed by atoms with Crippen molar-refractivity contribution in [3.8, 4) is 5.75 Å². The van der Waals surface area contributed by atoms with Gasteiger partial charge in [0.15, 0.2) is 0 Å². The van der Waals surface area contributed by atoms with E-state index in [9.17, 15) is 4.79 Å². The number of nitrogen functional groups attached to an aromatic ring is 1. The van der Waals surface area contributed by atoms with Crippen LogP contribution in [0.3, 0.4) is 0 Å². The van der Waals surface area contributed by atoms with Gasteiger partial charge >= 0.3 is 0 Å². The first-order chi connectivity index (χ1) is 11.6. The SMILES string of the molecule is Nc1nc2nc(CN3CCOc4cccc(Br)c4C3)cc(=O)n2[nH]1. The van der Waals surface area contributed by atoms with Crippen LogP contribution in [-0.2, 0) is 13.1 Å². The summed E-state index contributed by atoms with van der Waals surface area (Å²) in [6.07, 6.45) is 0. The molecular formula is C15H15BrN6O2. The van der Waals surface area contributed by atoms with Crippen molar-refractivity contribution in [3.63, 3.8) is 0 Å². The second kappa shape index (κ2) is 5.91. The fraction of sp³-hybridized carbons (Fsp3) is 0.267. The van der Waals surface area contributed by atoms with Crippen LogP contribution in [0.1, 0.15) is 11.3 Å². The van der Waals surface area contributed by atoms with Gasteiger partial charge < -0.3 is 10.5 Å². The van der Waals surface area contributed by atoms with Gasteiger partial charge in [-0.1, -0.05) is 22.0 Å². The van der Waals surface area contributed by atoms with Crippen LogP contribution in [0, 0.1) is 0 Å². The van der Waals surface area contributed by atoms with Gasteiger partial charge in [0.05, 0.1) is 5.69 Å². The molecule has 124 valence electrons. The number of benzene rings is 1. The monoisotopic (exact) mass is 390 g/mol. The fourth-order valence-electron chi connectivity index (χ4n) is 2.80. The summed E-state index contributed by atoms with van der Waals surface area (Å²) in [5.41, 5.74) is 7.10. The Kier molecular flexibility index (Phi) is 3.73. The van der Waals surface area contributed by atoms with E-state index in [-0.39, 0.29) is 17.3 Å². The van der Waals surface area contributed by atoms with E-state index < -0.39 is 0 Å². The standard InChI is InChI=1S/C15H15BrN6O2/c16-11-2-1-3-12-10(11)8-21(4-5-24-12)7-9-6-13(23)22-15(18-9)19-14(17)20-22/h1-3,6H,4-5,7-8H2,(H3,17,18,19,20). The molecule has 4 rings (SSSR count). The minimum atomic E-state index is -0.230. The summed E-state index contributed by atoms with van der Waals surface area (Å²) in [5.74, 6) is 1.33. The molecule has 0 bridgehead atoms. The van der Waals surface area contributed by atoms with Crippen LogP contribution in [0.15, 0.2) is 33.5 Å². The lowest BCUT2D eigenvalue weighted by molar-refractivity contribution is 0.217. The van der Waals surface area contributed by atoms with Crippen molar-refractivity contribution in [1.82, 2.24) is 24.5 Å². The Labute approximate surface area is 145 Å². The van der Waals surface area contributed by atoms with Gasteiger partial charge in [0.1, 0.15) is 12.4 Å². The molecular weight excluding hydrogens is 376 g/mol. The number of hydrogen-bond acceptors (Lipinski definition) is 6. The number of nitrogens with two attached hydrogens (primary N) is 1. The van der Waals surface area contributed by atoms with E-state index in [1.165, 1.54) is 10.6 Å². The third-order valence-corrected chi connectivity index (χ3v) is 4.65. The van der Waals surface area contributed by atoms with E-state index in [1.807, 2.05) is 18.2 Å². The zero-order chi connectivity index (χ0) is 16.7. The quantitative estimate of drug-likeness (QED) is 0.680. The van der Waals surface area contributed by atoms with Crippen LogP contribution < -0.4 is 16.0 Å². The van der Waals surface area contributed by atoms with Crippen LogP contribution in [0.2, 0.25) is 0 Å². The average molecular weight is 391 g/mol. The van der Waals surface area contributed by atoms with Crippen molar-refractivity contribution in [2.75, 3.05) is 18.9 Å². The number of ether oxygens (including phenoxy) is 1. The molecule has 0 saturated heterocycles. The van der Waals surface area contributed by atoms with Crippen LogP contribution in [0.25, 0.3) is 5.78 Å². The summed E-state index contributed by atoms with van der Waals surface area (Å²) in [6.45, 7) is 2.56. The number of anilines is 1. The molecule has 0 spiro atoms. The lowest BCUT2D eigenvalue weighted by atomic mass is 10.2. The van der Waals surface area contributed by atoms with Gasteiger partial charge in [0.25, 0.3) is 11.3 Å². The van der Waals surface area contributed by atoms with E-state index in [1.54, 1.807) is 0 Å². The van der Waals surface area contributed by atoms with Crippen LogP contribution in [0.4, 0.5) is 5.95 Å². The first kappa shape index (κ1) is 15.2. The number of aromatic amines is 1. The second-order valence-corrected chi connectivity index (χ2v) is 6.46. The Hall–Kier alpha value is -2.39. The third-order valence-electron chi connectivity index (χ3n) is 3.91. The molecule has 8 nitrogen and oxygen atoms in total. The highest BCUT2D eigenvalue weighted by atomic mass is 79.9. The van der Waals surface area contributed by atoms with Crippen molar-refractivity contribution in [2.45, 2.75) is 13.1 Å². The van der Waals surface area contributed by atoms with Gasteiger partial charge in [-0.2, -0.15) is 9.50 Å². The average Bonchev–Trinajstić information content (AvgIpc) is 2.78. The lowest BCUT2D eigenvalue weighted by Gasteiger charge is -2.19. The molecule has 3 N–H and O–H groups in total. The zero-order valence-electron chi connectivity index (χ0n) is 12.7. The Morgan fingerprint density at radius 2 is 2.25 bits per heavy atom. The number of H-pyrrole nitrogens is 1. The number of fused-ring (bicyclic) bond motifs is 2. The van der Waals surface area contributed by atoms with Crippen molar-refractivity contribution in [3.05, 3.63) is 50.3 Å². The second-order valence-electron chi connectivity index (χ2n) is 5.61.